The first-order chi connectivity index (χ1) is 16.4. The van der Waals surface area contributed by atoms with Gasteiger partial charge in [0, 0.05) is 48.9 Å². The molecule has 178 valence electrons. The average Bonchev–Trinajstić information content (AvgIpc) is 2.84. The van der Waals surface area contributed by atoms with E-state index in [9.17, 15) is 0 Å². The van der Waals surface area contributed by atoms with Gasteiger partial charge in [0.05, 0.1) is 0 Å². The van der Waals surface area contributed by atoms with Crippen molar-refractivity contribution < 1.29 is 0 Å². The van der Waals surface area contributed by atoms with Crippen molar-refractivity contribution >= 4 is 22.1 Å². The fourth-order valence-corrected chi connectivity index (χ4v) is 4.79. The number of piperidine rings is 1. The molecule has 3 heteroatoms. The number of allylic oxidation sites excluding steroid dienone is 6. The first-order valence-corrected chi connectivity index (χ1v) is 12.9. The van der Waals surface area contributed by atoms with E-state index in [2.05, 4.69) is 120 Å². The molecule has 0 bridgehead atoms. The average molecular weight is 518 g/mol. The number of hydrogen-bond acceptors (Lipinski definition) is 2. The lowest BCUT2D eigenvalue weighted by molar-refractivity contribution is 0.237. The van der Waals surface area contributed by atoms with Crippen LogP contribution in [0.25, 0.3) is 11.1 Å². The van der Waals surface area contributed by atoms with Crippen molar-refractivity contribution in [3.8, 4) is 11.1 Å². The zero-order chi connectivity index (χ0) is 24.5. The van der Waals surface area contributed by atoms with Crippen LogP contribution in [0.3, 0.4) is 0 Å². The van der Waals surface area contributed by atoms with Crippen LogP contribution in [-0.4, -0.2) is 31.3 Å². The van der Waals surface area contributed by atoms with E-state index in [1.807, 2.05) is 6.21 Å². The van der Waals surface area contributed by atoms with Crippen molar-refractivity contribution in [2.24, 2.45) is 10.9 Å². The zero-order valence-electron chi connectivity index (χ0n) is 21.0. The number of benzene rings is 2. The van der Waals surface area contributed by atoms with Gasteiger partial charge in [-0.15, -0.1) is 0 Å². The molecule has 1 heterocycles. The maximum atomic E-state index is 4.48. The number of nitrogens with zero attached hydrogens (tertiary/aromatic N) is 2. The maximum absolute atomic E-state index is 4.48. The van der Waals surface area contributed by atoms with E-state index in [0.717, 1.165) is 24.0 Å². The minimum atomic E-state index is 0.495. The van der Waals surface area contributed by atoms with E-state index in [0.29, 0.717) is 5.92 Å². The summed E-state index contributed by atoms with van der Waals surface area (Å²) in [6.07, 6.45) is 9.80. The van der Waals surface area contributed by atoms with Gasteiger partial charge in [-0.05, 0) is 77.4 Å². The number of hydrogen-bond donors (Lipinski definition) is 0. The van der Waals surface area contributed by atoms with Crippen molar-refractivity contribution in [2.75, 3.05) is 20.1 Å². The monoisotopic (exact) mass is 516 g/mol. The van der Waals surface area contributed by atoms with Crippen molar-refractivity contribution in [1.82, 2.24) is 4.90 Å². The molecule has 1 aliphatic rings. The largest absolute Gasteiger partial charge is 0.374 e. The summed E-state index contributed by atoms with van der Waals surface area (Å²) in [4.78, 5) is 6.63. The molecule has 0 radical (unpaired) electrons. The molecule has 2 aromatic carbocycles. The first kappa shape index (κ1) is 26.0. The van der Waals surface area contributed by atoms with E-state index < -0.39 is 0 Å². The Bertz CT molecular complexity index is 1080. The third kappa shape index (κ3) is 7.43. The van der Waals surface area contributed by atoms with Crippen LogP contribution in [-0.2, 0) is 6.42 Å². The van der Waals surface area contributed by atoms with Gasteiger partial charge in [0.2, 0.25) is 0 Å². The minimum absolute atomic E-state index is 0.495. The Labute approximate surface area is 214 Å². The summed E-state index contributed by atoms with van der Waals surface area (Å²) >= 11 is 3.65. The predicted octanol–water partition coefficient (Wildman–Crippen LogP) is 8.38. The molecule has 34 heavy (non-hydrogen) atoms. The molecule has 1 unspecified atom stereocenters. The van der Waals surface area contributed by atoms with E-state index in [1.165, 1.54) is 51.9 Å². The van der Waals surface area contributed by atoms with Gasteiger partial charge < -0.3 is 4.90 Å². The molecule has 1 saturated heterocycles. The Kier molecular flexibility index (Phi) is 9.71. The van der Waals surface area contributed by atoms with Crippen LogP contribution in [0.4, 0.5) is 0 Å². The lowest BCUT2D eigenvalue weighted by Gasteiger charge is -2.36. The second-order valence-corrected chi connectivity index (χ2v) is 10.2. The van der Waals surface area contributed by atoms with Crippen LogP contribution in [0.5, 0.6) is 0 Å². The summed E-state index contributed by atoms with van der Waals surface area (Å²) in [7, 11) is 1.80. The fourth-order valence-electron chi connectivity index (χ4n) is 4.47. The van der Waals surface area contributed by atoms with Crippen LogP contribution in [0, 0.1) is 5.92 Å². The predicted molar refractivity (Wildman–Crippen MR) is 153 cm³/mol. The normalized spacial score (nSPS) is 17.5. The molecule has 3 rings (SSSR count). The van der Waals surface area contributed by atoms with E-state index >= 15 is 0 Å². The Morgan fingerprint density at radius 2 is 1.71 bits per heavy atom. The molecule has 0 saturated carbocycles. The van der Waals surface area contributed by atoms with Gasteiger partial charge in [0.25, 0.3) is 0 Å². The summed E-state index contributed by atoms with van der Waals surface area (Å²) in [5.41, 5.74) is 8.96. The minimum Gasteiger partial charge on any atom is -0.374 e. The first-order valence-electron chi connectivity index (χ1n) is 12.1. The van der Waals surface area contributed by atoms with Gasteiger partial charge in [-0.1, -0.05) is 78.9 Å². The lowest BCUT2D eigenvalue weighted by Crippen LogP contribution is -2.35. The third-order valence-electron chi connectivity index (χ3n) is 6.27. The molecule has 2 nitrogen and oxygen atoms in total. The standard InChI is InChI=1S/C31H37BrN2/c1-23(2)18-30(19-24(3)31(32)21-33-5)29-12-9-17-34(22-29)25(4)20-26-13-15-28(16-14-26)27-10-7-6-8-11-27/h6-8,10-11,13-16,18-19,21,29H,4,9,12,17,20,22H2,1-3,5H3/b30-19+,31-24-,33-21?. The Morgan fingerprint density at radius 1 is 1.03 bits per heavy atom. The smallest absolute Gasteiger partial charge is 0.0382 e. The fraction of sp³-hybridized carbons (Fsp3) is 0.323. The number of rotatable bonds is 8. The SMILES string of the molecule is C=C(Cc1ccc(-c2ccccc2)cc1)N1CCCC(/C(C=C(C)C)=C/C(C)=C(\Br)C=NC)C1. The molecule has 0 amide bonds. The second-order valence-electron chi connectivity index (χ2n) is 9.38. The van der Waals surface area contributed by atoms with Gasteiger partial charge >= 0.3 is 0 Å². The highest BCUT2D eigenvalue weighted by Gasteiger charge is 2.23. The van der Waals surface area contributed by atoms with Crippen LogP contribution in [0.15, 0.2) is 105 Å². The van der Waals surface area contributed by atoms with Gasteiger partial charge in [-0.2, -0.15) is 0 Å². The topological polar surface area (TPSA) is 15.6 Å². The summed E-state index contributed by atoms with van der Waals surface area (Å²) in [5, 5.41) is 0. The molecular formula is C31H37BrN2. The summed E-state index contributed by atoms with van der Waals surface area (Å²) in [5.74, 6) is 0.495. The highest BCUT2D eigenvalue weighted by atomic mass is 79.9. The maximum Gasteiger partial charge on any atom is 0.0382 e. The van der Waals surface area contributed by atoms with E-state index in [4.69, 9.17) is 0 Å². The molecule has 0 aliphatic carbocycles. The van der Waals surface area contributed by atoms with Crippen molar-refractivity contribution in [3.63, 3.8) is 0 Å². The summed E-state index contributed by atoms with van der Waals surface area (Å²) in [6.45, 7) is 13.1. The Balaban J connectivity index is 1.71. The van der Waals surface area contributed by atoms with Gasteiger partial charge in [-0.3, -0.25) is 4.99 Å². The number of likely N-dealkylation sites (tertiary alicyclic amines) is 1. The number of aliphatic imine (C=N–C) groups is 1. The molecule has 1 fully saturated rings. The molecular weight excluding hydrogens is 480 g/mol. The molecule has 1 aliphatic heterocycles. The van der Waals surface area contributed by atoms with Crippen LogP contribution in [0.1, 0.15) is 39.2 Å². The summed E-state index contributed by atoms with van der Waals surface area (Å²) < 4.78 is 1.03. The second kappa shape index (κ2) is 12.7. The van der Waals surface area contributed by atoms with Crippen molar-refractivity contribution in [2.45, 2.75) is 40.0 Å². The van der Waals surface area contributed by atoms with Crippen molar-refractivity contribution in [1.29, 1.82) is 0 Å². The number of halogens is 1. The van der Waals surface area contributed by atoms with Gasteiger partial charge in [-0.25, -0.2) is 0 Å². The van der Waals surface area contributed by atoms with Gasteiger partial charge in [0.1, 0.15) is 0 Å². The quantitative estimate of drug-likeness (QED) is 0.254. The van der Waals surface area contributed by atoms with Crippen LogP contribution in [0.2, 0.25) is 0 Å². The molecule has 1 atom stereocenters. The highest BCUT2D eigenvalue weighted by Crippen LogP contribution is 2.30. The van der Waals surface area contributed by atoms with Crippen LogP contribution >= 0.6 is 15.9 Å². The highest BCUT2D eigenvalue weighted by molar-refractivity contribution is 9.12. The lowest BCUT2D eigenvalue weighted by atomic mass is 9.87. The summed E-state index contributed by atoms with van der Waals surface area (Å²) in [6, 6.07) is 19.5. The Hall–Kier alpha value is -2.65. The molecule has 2 aromatic rings. The molecule has 0 aromatic heterocycles. The van der Waals surface area contributed by atoms with E-state index in [1.54, 1.807) is 7.05 Å². The van der Waals surface area contributed by atoms with Gasteiger partial charge in [0.15, 0.2) is 0 Å². The van der Waals surface area contributed by atoms with Crippen molar-refractivity contribution in [3.05, 3.63) is 106 Å². The Morgan fingerprint density at radius 3 is 2.35 bits per heavy atom. The zero-order valence-corrected chi connectivity index (χ0v) is 22.6. The van der Waals surface area contributed by atoms with Crippen LogP contribution < -0.4 is 0 Å². The third-order valence-corrected chi connectivity index (χ3v) is 7.10. The molecule has 0 N–H and O–H groups in total. The van der Waals surface area contributed by atoms with E-state index in [-0.39, 0.29) is 0 Å². The molecule has 0 spiro atoms.